The summed E-state index contributed by atoms with van der Waals surface area (Å²) in [5.74, 6) is 1.13. The standard InChI is InChI=1S/C21H22N4O2/c1-3-27-18-10-8-17(9-11-18)23-20-13-12-19(24-25-20)21(26)22-14-16-7-5-4-6-15(16)2/h4-13H,3,14H2,1-2H3,(H,22,26)(H,23,25). The number of carbonyl (C=O) groups is 1. The molecule has 1 heterocycles. The van der Waals surface area contributed by atoms with E-state index in [1.54, 1.807) is 12.1 Å². The van der Waals surface area contributed by atoms with Crippen LogP contribution in [0, 0.1) is 6.92 Å². The highest BCUT2D eigenvalue weighted by atomic mass is 16.5. The van der Waals surface area contributed by atoms with Gasteiger partial charge in [-0.25, -0.2) is 0 Å². The van der Waals surface area contributed by atoms with E-state index < -0.39 is 0 Å². The minimum atomic E-state index is -0.252. The number of rotatable bonds is 7. The quantitative estimate of drug-likeness (QED) is 0.667. The number of benzene rings is 2. The highest BCUT2D eigenvalue weighted by Gasteiger charge is 2.09. The zero-order valence-corrected chi connectivity index (χ0v) is 15.4. The van der Waals surface area contributed by atoms with Crippen LogP contribution in [0.1, 0.15) is 28.5 Å². The monoisotopic (exact) mass is 362 g/mol. The fourth-order valence-electron chi connectivity index (χ4n) is 2.54. The number of amides is 1. The molecule has 3 aromatic rings. The minimum Gasteiger partial charge on any atom is -0.494 e. The molecular formula is C21H22N4O2. The summed E-state index contributed by atoms with van der Waals surface area (Å²) in [6.45, 7) is 5.05. The van der Waals surface area contributed by atoms with Gasteiger partial charge < -0.3 is 15.4 Å². The molecule has 27 heavy (non-hydrogen) atoms. The molecule has 0 aliphatic carbocycles. The zero-order chi connectivity index (χ0) is 19.1. The summed E-state index contributed by atoms with van der Waals surface area (Å²) in [6, 6.07) is 18.9. The lowest BCUT2D eigenvalue weighted by Gasteiger charge is -2.09. The van der Waals surface area contributed by atoms with Crippen LogP contribution in [0.2, 0.25) is 0 Å². The minimum absolute atomic E-state index is 0.252. The Kier molecular flexibility index (Phi) is 5.99. The molecule has 2 aromatic carbocycles. The molecule has 0 spiro atoms. The average molecular weight is 362 g/mol. The van der Waals surface area contributed by atoms with E-state index in [1.165, 1.54) is 0 Å². The highest BCUT2D eigenvalue weighted by molar-refractivity contribution is 5.92. The van der Waals surface area contributed by atoms with Crippen LogP contribution >= 0.6 is 0 Å². The average Bonchev–Trinajstić information content (AvgIpc) is 2.69. The summed E-state index contributed by atoms with van der Waals surface area (Å²) in [4.78, 5) is 12.3. The number of aryl methyl sites for hydroxylation is 1. The van der Waals surface area contributed by atoms with Crippen molar-refractivity contribution >= 4 is 17.4 Å². The van der Waals surface area contributed by atoms with Crippen molar-refractivity contribution in [2.75, 3.05) is 11.9 Å². The Morgan fingerprint density at radius 1 is 1.00 bits per heavy atom. The van der Waals surface area contributed by atoms with E-state index in [-0.39, 0.29) is 11.6 Å². The predicted octanol–water partition coefficient (Wildman–Crippen LogP) is 3.86. The fraction of sp³-hybridized carbons (Fsp3) is 0.190. The van der Waals surface area contributed by atoms with Crippen molar-refractivity contribution in [1.29, 1.82) is 0 Å². The molecule has 0 radical (unpaired) electrons. The van der Waals surface area contributed by atoms with Gasteiger partial charge in [0.15, 0.2) is 11.5 Å². The SMILES string of the molecule is CCOc1ccc(Nc2ccc(C(=O)NCc3ccccc3C)nn2)cc1. The molecule has 6 heteroatoms. The van der Waals surface area contributed by atoms with E-state index in [4.69, 9.17) is 4.74 Å². The third kappa shape index (κ3) is 5.04. The molecule has 0 bridgehead atoms. The topological polar surface area (TPSA) is 76.1 Å². The van der Waals surface area contributed by atoms with Gasteiger partial charge in [-0.2, -0.15) is 0 Å². The highest BCUT2D eigenvalue weighted by Crippen LogP contribution is 2.18. The predicted molar refractivity (Wildman–Crippen MR) is 105 cm³/mol. The second-order valence-electron chi connectivity index (χ2n) is 6.00. The van der Waals surface area contributed by atoms with Crippen LogP contribution in [0.5, 0.6) is 5.75 Å². The third-order valence-electron chi connectivity index (χ3n) is 4.04. The van der Waals surface area contributed by atoms with Gasteiger partial charge in [0.2, 0.25) is 0 Å². The van der Waals surface area contributed by atoms with Crippen molar-refractivity contribution in [3.63, 3.8) is 0 Å². The van der Waals surface area contributed by atoms with E-state index >= 15 is 0 Å². The molecule has 0 saturated carbocycles. The molecule has 0 aliphatic rings. The van der Waals surface area contributed by atoms with Gasteiger partial charge in [-0.1, -0.05) is 24.3 Å². The molecule has 138 valence electrons. The van der Waals surface area contributed by atoms with Crippen LogP contribution in [0.15, 0.2) is 60.7 Å². The Labute approximate surface area is 158 Å². The molecule has 0 fully saturated rings. The van der Waals surface area contributed by atoms with Gasteiger partial charge >= 0.3 is 0 Å². The van der Waals surface area contributed by atoms with Gasteiger partial charge in [0.25, 0.3) is 5.91 Å². The number of aromatic nitrogens is 2. The Morgan fingerprint density at radius 2 is 1.78 bits per heavy atom. The van der Waals surface area contributed by atoms with Crippen molar-refractivity contribution in [1.82, 2.24) is 15.5 Å². The van der Waals surface area contributed by atoms with E-state index in [1.807, 2.05) is 62.4 Å². The van der Waals surface area contributed by atoms with Gasteiger partial charge in [0.1, 0.15) is 5.75 Å². The number of anilines is 2. The van der Waals surface area contributed by atoms with Crippen molar-refractivity contribution in [2.24, 2.45) is 0 Å². The van der Waals surface area contributed by atoms with Crippen LogP contribution in [-0.4, -0.2) is 22.7 Å². The lowest BCUT2D eigenvalue weighted by molar-refractivity contribution is 0.0945. The Bertz CT molecular complexity index is 893. The number of carbonyl (C=O) groups excluding carboxylic acids is 1. The van der Waals surface area contributed by atoms with Crippen molar-refractivity contribution in [3.8, 4) is 5.75 Å². The summed E-state index contributed by atoms with van der Waals surface area (Å²) >= 11 is 0. The van der Waals surface area contributed by atoms with Crippen LogP contribution in [0.25, 0.3) is 0 Å². The maximum atomic E-state index is 12.3. The Morgan fingerprint density at radius 3 is 2.44 bits per heavy atom. The first-order valence-corrected chi connectivity index (χ1v) is 8.82. The van der Waals surface area contributed by atoms with E-state index in [0.717, 1.165) is 22.6 Å². The van der Waals surface area contributed by atoms with Gasteiger partial charge in [-0.15, -0.1) is 10.2 Å². The summed E-state index contributed by atoms with van der Waals surface area (Å²) in [7, 11) is 0. The molecule has 0 aliphatic heterocycles. The molecule has 1 amide bonds. The number of hydrogen-bond acceptors (Lipinski definition) is 5. The molecular weight excluding hydrogens is 340 g/mol. The molecule has 1 aromatic heterocycles. The number of hydrogen-bond donors (Lipinski definition) is 2. The molecule has 0 unspecified atom stereocenters. The summed E-state index contributed by atoms with van der Waals surface area (Å²) in [5.41, 5.74) is 3.36. The normalized spacial score (nSPS) is 10.3. The fourth-order valence-corrected chi connectivity index (χ4v) is 2.54. The number of ether oxygens (including phenoxy) is 1. The summed E-state index contributed by atoms with van der Waals surface area (Å²) in [5, 5.41) is 14.1. The van der Waals surface area contributed by atoms with Crippen LogP contribution in [0.4, 0.5) is 11.5 Å². The smallest absolute Gasteiger partial charge is 0.272 e. The van der Waals surface area contributed by atoms with Gasteiger partial charge in [0, 0.05) is 12.2 Å². The van der Waals surface area contributed by atoms with E-state index in [0.29, 0.717) is 19.0 Å². The lowest BCUT2D eigenvalue weighted by atomic mass is 10.1. The molecule has 0 atom stereocenters. The maximum absolute atomic E-state index is 12.3. The summed E-state index contributed by atoms with van der Waals surface area (Å²) in [6.07, 6.45) is 0. The van der Waals surface area contributed by atoms with E-state index in [9.17, 15) is 4.79 Å². The Balaban J connectivity index is 1.57. The zero-order valence-electron chi connectivity index (χ0n) is 15.4. The second kappa shape index (κ2) is 8.80. The lowest BCUT2D eigenvalue weighted by Crippen LogP contribution is -2.24. The molecule has 2 N–H and O–H groups in total. The summed E-state index contributed by atoms with van der Waals surface area (Å²) < 4.78 is 5.42. The van der Waals surface area contributed by atoms with Gasteiger partial charge in [-0.3, -0.25) is 4.79 Å². The van der Waals surface area contributed by atoms with Gasteiger partial charge in [-0.05, 0) is 61.4 Å². The van der Waals surface area contributed by atoms with E-state index in [2.05, 4.69) is 20.8 Å². The van der Waals surface area contributed by atoms with Crippen LogP contribution in [-0.2, 0) is 6.54 Å². The first-order chi connectivity index (χ1) is 13.2. The number of nitrogens with one attached hydrogen (secondary N) is 2. The third-order valence-corrected chi connectivity index (χ3v) is 4.04. The van der Waals surface area contributed by atoms with Crippen molar-refractivity contribution in [3.05, 3.63) is 77.5 Å². The van der Waals surface area contributed by atoms with Crippen LogP contribution < -0.4 is 15.4 Å². The molecule has 0 saturated heterocycles. The first-order valence-electron chi connectivity index (χ1n) is 8.82. The second-order valence-corrected chi connectivity index (χ2v) is 6.00. The van der Waals surface area contributed by atoms with Gasteiger partial charge in [0.05, 0.1) is 6.61 Å². The molecule has 6 nitrogen and oxygen atoms in total. The maximum Gasteiger partial charge on any atom is 0.272 e. The van der Waals surface area contributed by atoms with Crippen molar-refractivity contribution < 1.29 is 9.53 Å². The molecule has 3 rings (SSSR count). The Hall–Kier alpha value is -3.41. The largest absolute Gasteiger partial charge is 0.494 e. The first kappa shape index (κ1) is 18.4. The van der Waals surface area contributed by atoms with Crippen LogP contribution in [0.3, 0.4) is 0 Å². The number of nitrogens with zero attached hydrogens (tertiary/aromatic N) is 2. The van der Waals surface area contributed by atoms with Crippen molar-refractivity contribution in [2.45, 2.75) is 20.4 Å².